The molecule has 0 saturated heterocycles. The van der Waals surface area contributed by atoms with E-state index in [0.717, 1.165) is 6.07 Å². The molecule has 1 rings (SSSR count). The minimum atomic E-state index is -4.64. The molecule has 0 aliphatic heterocycles. The smallest absolute Gasteiger partial charge is 0.348 e. The molecule has 0 aliphatic rings. The fraction of sp³-hybridized carbons (Fsp3) is 0.429. The standard InChI is InChI=1S/C14H16ClF3N2O2/c1-8(2)5-6-19-12(21)13(22)20-9-3-4-11(15)10(7-9)14(16,17)18/h3-4,7-8H,5-6H2,1-2H3,(H,19,21)(H,20,22). The molecule has 22 heavy (non-hydrogen) atoms. The van der Waals surface area contributed by atoms with Crippen LogP contribution in [-0.4, -0.2) is 18.4 Å². The van der Waals surface area contributed by atoms with Crippen molar-refractivity contribution in [1.82, 2.24) is 5.32 Å². The number of anilines is 1. The summed E-state index contributed by atoms with van der Waals surface area (Å²) in [5.41, 5.74) is -1.23. The van der Waals surface area contributed by atoms with Crippen LogP contribution >= 0.6 is 11.6 Å². The summed E-state index contributed by atoms with van der Waals surface area (Å²) in [4.78, 5) is 23.1. The number of alkyl halides is 3. The summed E-state index contributed by atoms with van der Waals surface area (Å²) in [5.74, 6) is -1.57. The topological polar surface area (TPSA) is 58.2 Å². The van der Waals surface area contributed by atoms with Crippen LogP contribution in [0.5, 0.6) is 0 Å². The van der Waals surface area contributed by atoms with Crippen LogP contribution in [0, 0.1) is 5.92 Å². The molecule has 0 fully saturated rings. The quantitative estimate of drug-likeness (QED) is 0.827. The molecule has 2 N–H and O–H groups in total. The van der Waals surface area contributed by atoms with Gasteiger partial charge in [-0.25, -0.2) is 0 Å². The number of hydrogen-bond donors (Lipinski definition) is 2. The zero-order valence-electron chi connectivity index (χ0n) is 12.1. The molecule has 0 aliphatic carbocycles. The second-order valence-corrected chi connectivity index (χ2v) is 5.49. The average Bonchev–Trinajstić information content (AvgIpc) is 2.39. The lowest BCUT2D eigenvalue weighted by molar-refractivity contribution is -0.137. The minimum Gasteiger partial charge on any atom is -0.348 e. The number of rotatable bonds is 4. The molecule has 0 bridgehead atoms. The highest BCUT2D eigenvalue weighted by Gasteiger charge is 2.33. The maximum atomic E-state index is 12.7. The van der Waals surface area contributed by atoms with Crippen molar-refractivity contribution >= 4 is 29.1 Å². The zero-order chi connectivity index (χ0) is 16.9. The van der Waals surface area contributed by atoms with Crippen LogP contribution in [-0.2, 0) is 15.8 Å². The lowest BCUT2D eigenvalue weighted by Crippen LogP contribution is -2.36. The first-order valence-corrected chi connectivity index (χ1v) is 6.95. The van der Waals surface area contributed by atoms with Crippen molar-refractivity contribution in [3.05, 3.63) is 28.8 Å². The van der Waals surface area contributed by atoms with Crippen molar-refractivity contribution in [2.45, 2.75) is 26.4 Å². The number of benzene rings is 1. The van der Waals surface area contributed by atoms with Crippen LogP contribution in [0.3, 0.4) is 0 Å². The van der Waals surface area contributed by atoms with Gasteiger partial charge in [0.15, 0.2) is 0 Å². The van der Waals surface area contributed by atoms with Gasteiger partial charge in [-0.1, -0.05) is 25.4 Å². The zero-order valence-corrected chi connectivity index (χ0v) is 12.8. The second kappa shape index (κ2) is 7.49. The summed E-state index contributed by atoms with van der Waals surface area (Å²) < 4.78 is 38.1. The van der Waals surface area contributed by atoms with Crippen LogP contribution in [0.2, 0.25) is 5.02 Å². The van der Waals surface area contributed by atoms with E-state index >= 15 is 0 Å². The third-order valence-electron chi connectivity index (χ3n) is 2.74. The Morgan fingerprint density at radius 2 is 1.86 bits per heavy atom. The van der Waals surface area contributed by atoms with Gasteiger partial charge in [0, 0.05) is 12.2 Å². The highest BCUT2D eigenvalue weighted by molar-refractivity contribution is 6.39. The van der Waals surface area contributed by atoms with E-state index in [1.165, 1.54) is 6.07 Å². The molecular weight excluding hydrogens is 321 g/mol. The van der Waals surface area contributed by atoms with Gasteiger partial charge >= 0.3 is 18.0 Å². The minimum absolute atomic E-state index is 0.152. The fourth-order valence-electron chi connectivity index (χ4n) is 1.56. The summed E-state index contributed by atoms with van der Waals surface area (Å²) >= 11 is 5.47. The first-order chi connectivity index (χ1) is 10.1. The fourth-order valence-corrected chi connectivity index (χ4v) is 1.79. The molecule has 2 amide bonds. The first kappa shape index (κ1) is 18.3. The van der Waals surface area contributed by atoms with Crippen LogP contribution in [0.25, 0.3) is 0 Å². The molecule has 0 saturated carbocycles. The Kier molecular flexibility index (Phi) is 6.22. The number of nitrogens with one attached hydrogen (secondary N) is 2. The molecule has 0 atom stereocenters. The Morgan fingerprint density at radius 1 is 1.23 bits per heavy atom. The Morgan fingerprint density at radius 3 is 2.41 bits per heavy atom. The molecule has 4 nitrogen and oxygen atoms in total. The largest absolute Gasteiger partial charge is 0.417 e. The maximum absolute atomic E-state index is 12.7. The molecule has 8 heteroatoms. The normalized spacial score (nSPS) is 11.4. The molecule has 1 aromatic carbocycles. The molecule has 0 unspecified atom stereocenters. The molecule has 122 valence electrons. The molecule has 1 aromatic rings. The van der Waals surface area contributed by atoms with Gasteiger partial charge in [0.2, 0.25) is 0 Å². The molecule has 0 aromatic heterocycles. The van der Waals surface area contributed by atoms with Crippen LogP contribution in [0.4, 0.5) is 18.9 Å². The van der Waals surface area contributed by atoms with Crippen LogP contribution in [0.1, 0.15) is 25.8 Å². The van der Waals surface area contributed by atoms with E-state index in [1.807, 2.05) is 13.8 Å². The third kappa shape index (κ3) is 5.55. The Hall–Kier alpha value is -1.76. The lowest BCUT2D eigenvalue weighted by Gasteiger charge is -2.12. The second-order valence-electron chi connectivity index (χ2n) is 5.08. The van der Waals surface area contributed by atoms with Crippen molar-refractivity contribution in [1.29, 1.82) is 0 Å². The predicted molar refractivity (Wildman–Crippen MR) is 77.5 cm³/mol. The van der Waals surface area contributed by atoms with Crippen molar-refractivity contribution in [2.75, 3.05) is 11.9 Å². The number of hydrogen-bond acceptors (Lipinski definition) is 2. The molecular formula is C14H16ClF3N2O2. The highest BCUT2D eigenvalue weighted by Crippen LogP contribution is 2.36. The van der Waals surface area contributed by atoms with Gasteiger partial charge in [-0.15, -0.1) is 0 Å². The van der Waals surface area contributed by atoms with E-state index in [1.54, 1.807) is 0 Å². The summed E-state index contributed by atoms with van der Waals surface area (Å²) in [6.45, 7) is 4.23. The monoisotopic (exact) mass is 336 g/mol. The van der Waals surface area contributed by atoms with Gasteiger partial charge in [-0.3, -0.25) is 9.59 Å². The van der Waals surface area contributed by atoms with Gasteiger partial charge in [0.05, 0.1) is 10.6 Å². The van der Waals surface area contributed by atoms with Crippen LogP contribution < -0.4 is 10.6 Å². The summed E-state index contributed by atoms with van der Waals surface area (Å²) in [6, 6.07) is 2.88. The van der Waals surface area contributed by atoms with E-state index in [-0.39, 0.29) is 5.69 Å². The summed E-state index contributed by atoms with van der Waals surface area (Å²) in [5, 5.41) is 4.02. The number of amides is 2. The van der Waals surface area contributed by atoms with Gasteiger partial charge in [0.25, 0.3) is 0 Å². The summed E-state index contributed by atoms with van der Waals surface area (Å²) in [6.07, 6.45) is -3.95. The lowest BCUT2D eigenvalue weighted by atomic mass is 10.1. The summed E-state index contributed by atoms with van der Waals surface area (Å²) in [7, 11) is 0. The number of halogens is 4. The number of carbonyl (C=O) groups excluding carboxylic acids is 2. The maximum Gasteiger partial charge on any atom is 0.417 e. The Balaban J connectivity index is 2.70. The highest BCUT2D eigenvalue weighted by atomic mass is 35.5. The van der Waals surface area contributed by atoms with E-state index in [9.17, 15) is 22.8 Å². The van der Waals surface area contributed by atoms with Crippen molar-refractivity contribution in [3.8, 4) is 0 Å². The average molecular weight is 337 g/mol. The van der Waals surface area contributed by atoms with Crippen molar-refractivity contribution in [3.63, 3.8) is 0 Å². The van der Waals surface area contributed by atoms with Gasteiger partial charge in [-0.2, -0.15) is 13.2 Å². The number of carbonyl (C=O) groups is 2. The van der Waals surface area contributed by atoms with E-state index in [4.69, 9.17) is 11.6 Å². The van der Waals surface area contributed by atoms with Crippen molar-refractivity contribution < 1.29 is 22.8 Å². The molecule has 0 radical (unpaired) electrons. The van der Waals surface area contributed by atoms with Crippen LogP contribution in [0.15, 0.2) is 18.2 Å². The third-order valence-corrected chi connectivity index (χ3v) is 3.07. The van der Waals surface area contributed by atoms with Gasteiger partial charge < -0.3 is 10.6 Å². The van der Waals surface area contributed by atoms with Gasteiger partial charge in [0.1, 0.15) is 0 Å². The Labute approximate surface area is 131 Å². The van der Waals surface area contributed by atoms with Crippen molar-refractivity contribution in [2.24, 2.45) is 5.92 Å². The predicted octanol–water partition coefficient (Wildman–Crippen LogP) is 3.46. The van der Waals surface area contributed by atoms with Gasteiger partial charge in [-0.05, 0) is 30.5 Å². The molecule has 0 spiro atoms. The SMILES string of the molecule is CC(C)CCNC(=O)C(=O)Nc1ccc(Cl)c(C(F)(F)F)c1. The Bertz CT molecular complexity index is 560. The molecule has 0 heterocycles. The van der Waals surface area contributed by atoms with E-state index in [2.05, 4.69) is 10.6 Å². The van der Waals surface area contributed by atoms with E-state index < -0.39 is 28.6 Å². The first-order valence-electron chi connectivity index (χ1n) is 6.57. The van der Waals surface area contributed by atoms with E-state index in [0.29, 0.717) is 24.9 Å².